The second-order valence-electron chi connectivity index (χ2n) is 6.07. The molecule has 22 heavy (non-hydrogen) atoms. The van der Waals surface area contributed by atoms with Crippen LogP contribution in [0.1, 0.15) is 24.8 Å². The van der Waals surface area contributed by atoms with E-state index in [4.69, 9.17) is 11.6 Å². The maximum absolute atomic E-state index is 12.4. The summed E-state index contributed by atoms with van der Waals surface area (Å²) in [4.78, 5) is 17.0. The quantitative estimate of drug-likeness (QED) is 0.845. The number of hydrogen-bond acceptors (Lipinski definition) is 3. The van der Waals surface area contributed by atoms with Gasteiger partial charge in [0.15, 0.2) is 0 Å². The molecule has 3 nitrogen and oxygen atoms in total. The first-order valence-corrected chi connectivity index (χ1v) is 9.59. The number of thioether (sulfide) groups is 1. The Bertz CT molecular complexity index is 519. The Morgan fingerprint density at radius 2 is 2.00 bits per heavy atom. The van der Waals surface area contributed by atoms with E-state index in [1.54, 1.807) is 0 Å². The van der Waals surface area contributed by atoms with Gasteiger partial charge in [-0.25, -0.2) is 0 Å². The molecule has 0 spiro atoms. The third-order valence-electron chi connectivity index (χ3n) is 4.60. The van der Waals surface area contributed by atoms with E-state index in [2.05, 4.69) is 4.90 Å². The summed E-state index contributed by atoms with van der Waals surface area (Å²) in [5, 5.41) is 0.739. The molecule has 0 N–H and O–H groups in total. The second-order valence-corrected chi connectivity index (χ2v) is 7.74. The fourth-order valence-electron chi connectivity index (χ4n) is 3.35. The molecule has 1 aromatic rings. The zero-order chi connectivity index (χ0) is 15.4. The summed E-state index contributed by atoms with van der Waals surface area (Å²) in [6, 6.07) is 8.41. The maximum atomic E-state index is 12.4. The van der Waals surface area contributed by atoms with Crippen molar-refractivity contribution in [3.05, 3.63) is 34.9 Å². The number of amides is 1. The Kier molecular flexibility index (Phi) is 5.66. The number of carbonyl (C=O) groups is 1. The maximum Gasteiger partial charge on any atom is 0.222 e. The van der Waals surface area contributed by atoms with E-state index in [1.165, 1.54) is 24.6 Å². The van der Waals surface area contributed by atoms with Gasteiger partial charge in [0.1, 0.15) is 0 Å². The van der Waals surface area contributed by atoms with Gasteiger partial charge in [0, 0.05) is 55.2 Å². The SMILES string of the molecule is O=C1CC[C@H](N2CCSCC2)CCN1Cc1cccc(Cl)c1. The van der Waals surface area contributed by atoms with Crippen molar-refractivity contribution in [3.63, 3.8) is 0 Å². The van der Waals surface area contributed by atoms with Crippen molar-refractivity contribution in [2.45, 2.75) is 31.8 Å². The van der Waals surface area contributed by atoms with Gasteiger partial charge in [-0.3, -0.25) is 9.69 Å². The van der Waals surface area contributed by atoms with Gasteiger partial charge < -0.3 is 4.90 Å². The summed E-state index contributed by atoms with van der Waals surface area (Å²) in [6.07, 6.45) is 2.78. The monoisotopic (exact) mass is 338 g/mol. The number of likely N-dealkylation sites (tertiary alicyclic amines) is 1. The predicted molar refractivity (Wildman–Crippen MR) is 93.4 cm³/mol. The molecule has 0 radical (unpaired) electrons. The minimum absolute atomic E-state index is 0.286. The molecular weight excluding hydrogens is 316 g/mol. The summed E-state index contributed by atoms with van der Waals surface area (Å²) in [7, 11) is 0. The Morgan fingerprint density at radius 3 is 2.77 bits per heavy atom. The molecule has 5 heteroatoms. The number of carbonyl (C=O) groups excluding carboxylic acids is 1. The Hall–Kier alpha value is -0.710. The molecule has 2 heterocycles. The van der Waals surface area contributed by atoms with Gasteiger partial charge in [-0.05, 0) is 30.5 Å². The lowest BCUT2D eigenvalue weighted by molar-refractivity contribution is -0.131. The van der Waals surface area contributed by atoms with E-state index in [1.807, 2.05) is 40.9 Å². The summed E-state index contributed by atoms with van der Waals surface area (Å²) in [6.45, 7) is 3.90. The highest BCUT2D eigenvalue weighted by Crippen LogP contribution is 2.22. The number of hydrogen-bond donors (Lipinski definition) is 0. The fourth-order valence-corrected chi connectivity index (χ4v) is 4.50. The Morgan fingerprint density at radius 1 is 1.18 bits per heavy atom. The van der Waals surface area contributed by atoms with Gasteiger partial charge in [0.05, 0.1) is 0 Å². The van der Waals surface area contributed by atoms with Gasteiger partial charge in [-0.2, -0.15) is 11.8 Å². The first-order chi connectivity index (χ1) is 10.7. The molecule has 0 aromatic heterocycles. The smallest absolute Gasteiger partial charge is 0.222 e. The molecule has 0 unspecified atom stereocenters. The number of halogens is 1. The van der Waals surface area contributed by atoms with Crippen LogP contribution in [0.5, 0.6) is 0 Å². The van der Waals surface area contributed by atoms with Crippen molar-refractivity contribution in [2.24, 2.45) is 0 Å². The van der Waals surface area contributed by atoms with Crippen molar-refractivity contribution in [3.8, 4) is 0 Å². The van der Waals surface area contributed by atoms with Crippen molar-refractivity contribution < 1.29 is 4.79 Å². The molecule has 0 bridgehead atoms. The Labute approximate surface area is 142 Å². The third kappa shape index (κ3) is 4.18. The van der Waals surface area contributed by atoms with Crippen LogP contribution in [-0.4, -0.2) is 52.9 Å². The number of nitrogens with zero attached hydrogens (tertiary/aromatic N) is 2. The van der Waals surface area contributed by atoms with Crippen LogP contribution in [0.25, 0.3) is 0 Å². The minimum atomic E-state index is 0.286. The van der Waals surface area contributed by atoms with Crippen LogP contribution in [0.15, 0.2) is 24.3 Å². The average Bonchev–Trinajstić information content (AvgIpc) is 2.71. The van der Waals surface area contributed by atoms with Crippen LogP contribution >= 0.6 is 23.4 Å². The molecule has 1 amide bonds. The van der Waals surface area contributed by atoms with Gasteiger partial charge in [0.2, 0.25) is 5.91 Å². The van der Waals surface area contributed by atoms with E-state index in [0.717, 1.165) is 30.0 Å². The summed E-state index contributed by atoms with van der Waals surface area (Å²) in [5.74, 6) is 2.75. The molecule has 0 aliphatic carbocycles. The number of benzene rings is 1. The zero-order valence-corrected chi connectivity index (χ0v) is 14.4. The van der Waals surface area contributed by atoms with E-state index in [9.17, 15) is 4.79 Å². The van der Waals surface area contributed by atoms with Gasteiger partial charge >= 0.3 is 0 Å². The molecule has 0 saturated carbocycles. The standard InChI is InChI=1S/C17H23ClN2OS/c18-15-3-1-2-14(12-15)13-20-7-6-16(4-5-17(20)21)19-8-10-22-11-9-19/h1-3,12,16H,4-11,13H2/t16-/m0/s1. The van der Waals surface area contributed by atoms with Crippen molar-refractivity contribution in [2.75, 3.05) is 31.1 Å². The molecular formula is C17H23ClN2OS. The van der Waals surface area contributed by atoms with Crippen molar-refractivity contribution in [1.29, 1.82) is 0 Å². The van der Waals surface area contributed by atoms with Crippen LogP contribution in [0.4, 0.5) is 0 Å². The number of rotatable bonds is 3. The van der Waals surface area contributed by atoms with E-state index in [-0.39, 0.29) is 5.91 Å². The Balaban J connectivity index is 1.60. The third-order valence-corrected chi connectivity index (χ3v) is 5.78. The molecule has 1 atom stereocenters. The fraction of sp³-hybridized carbons (Fsp3) is 0.588. The highest BCUT2D eigenvalue weighted by atomic mass is 35.5. The van der Waals surface area contributed by atoms with Crippen molar-refractivity contribution in [1.82, 2.24) is 9.80 Å². The van der Waals surface area contributed by atoms with Crippen molar-refractivity contribution >= 4 is 29.3 Å². The minimum Gasteiger partial charge on any atom is -0.338 e. The molecule has 1 aromatic carbocycles. The predicted octanol–water partition coefficient (Wildman–Crippen LogP) is 3.27. The molecule has 2 aliphatic heterocycles. The van der Waals surface area contributed by atoms with E-state index < -0.39 is 0 Å². The van der Waals surface area contributed by atoms with Crippen LogP contribution in [0.3, 0.4) is 0 Å². The summed E-state index contributed by atoms with van der Waals surface area (Å²) < 4.78 is 0. The lowest BCUT2D eigenvalue weighted by Gasteiger charge is -2.33. The average molecular weight is 339 g/mol. The summed E-state index contributed by atoms with van der Waals surface area (Å²) >= 11 is 8.08. The molecule has 2 fully saturated rings. The largest absolute Gasteiger partial charge is 0.338 e. The van der Waals surface area contributed by atoms with Gasteiger partial charge in [-0.15, -0.1) is 0 Å². The molecule has 2 aliphatic rings. The van der Waals surface area contributed by atoms with Crippen LogP contribution in [0.2, 0.25) is 5.02 Å². The summed E-state index contributed by atoms with van der Waals surface area (Å²) in [5.41, 5.74) is 1.12. The highest BCUT2D eigenvalue weighted by molar-refractivity contribution is 7.99. The second kappa shape index (κ2) is 7.71. The normalized spacial score (nSPS) is 24.3. The highest BCUT2D eigenvalue weighted by Gasteiger charge is 2.27. The van der Waals surface area contributed by atoms with Gasteiger partial charge in [0.25, 0.3) is 0 Å². The first-order valence-electron chi connectivity index (χ1n) is 8.06. The van der Waals surface area contributed by atoms with Crippen LogP contribution < -0.4 is 0 Å². The first kappa shape index (κ1) is 16.2. The van der Waals surface area contributed by atoms with Gasteiger partial charge in [-0.1, -0.05) is 23.7 Å². The van der Waals surface area contributed by atoms with Crippen LogP contribution in [-0.2, 0) is 11.3 Å². The van der Waals surface area contributed by atoms with Crippen LogP contribution in [0, 0.1) is 0 Å². The zero-order valence-electron chi connectivity index (χ0n) is 12.8. The topological polar surface area (TPSA) is 23.6 Å². The lowest BCUT2D eigenvalue weighted by atomic mass is 10.1. The molecule has 3 rings (SSSR count). The van der Waals surface area contributed by atoms with E-state index >= 15 is 0 Å². The lowest BCUT2D eigenvalue weighted by Crippen LogP contribution is -2.41. The molecule has 2 saturated heterocycles. The molecule has 120 valence electrons. The van der Waals surface area contributed by atoms with E-state index in [0.29, 0.717) is 19.0 Å².